The van der Waals surface area contributed by atoms with Crippen LogP contribution >= 0.6 is 0 Å². The predicted molar refractivity (Wildman–Crippen MR) is 124 cm³/mol. The van der Waals surface area contributed by atoms with Crippen LogP contribution in [0.25, 0.3) is 0 Å². The summed E-state index contributed by atoms with van der Waals surface area (Å²) in [5, 5.41) is 13.9. The van der Waals surface area contributed by atoms with Gasteiger partial charge in [-0.2, -0.15) is 0 Å². The van der Waals surface area contributed by atoms with Crippen molar-refractivity contribution < 1.29 is 13.3 Å². The molecule has 10 nitrogen and oxygen atoms in total. The molecule has 1 aromatic heterocycles. The lowest BCUT2D eigenvalue weighted by molar-refractivity contribution is -0.384. The molecule has 2 aromatic carbocycles. The van der Waals surface area contributed by atoms with E-state index in [1.165, 1.54) is 12.1 Å². The van der Waals surface area contributed by atoms with E-state index in [0.29, 0.717) is 17.3 Å². The Bertz CT molecular complexity index is 1190. The number of nitro groups is 1. The monoisotopic (exact) mass is 456 g/mol. The van der Waals surface area contributed by atoms with Gasteiger partial charge in [-0.15, -0.1) is 0 Å². The molecule has 2 N–H and O–H groups in total. The molecule has 0 unspecified atom stereocenters. The fourth-order valence-corrected chi connectivity index (χ4v) is 4.11. The number of benzene rings is 2. The van der Waals surface area contributed by atoms with E-state index in [-0.39, 0.29) is 10.6 Å². The van der Waals surface area contributed by atoms with E-state index in [1.807, 2.05) is 13.0 Å². The Hall–Kier alpha value is -3.73. The molecular formula is C21H24N6O4S. The molecule has 0 aliphatic heterocycles. The molecule has 0 aliphatic rings. The molecule has 1 heterocycles. The summed E-state index contributed by atoms with van der Waals surface area (Å²) < 4.78 is 27.5. The van der Waals surface area contributed by atoms with Crippen LogP contribution in [0.1, 0.15) is 19.7 Å². The van der Waals surface area contributed by atoms with Gasteiger partial charge in [0.1, 0.15) is 17.5 Å². The summed E-state index contributed by atoms with van der Waals surface area (Å²) in [6.45, 7) is 7.61. The number of non-ortho nitro benzene ring substituents is 1. The molecule has 0 aliphatic carbocycles. The molecular weight excluding hydrogens is 432 g/mol. The highest BCUT2D eigenvalue weighted by molar-refractivity contribution is 7.92. The van der Waals surface area contributed by atoms with E-state index >= 15 is 0 Å². The largest absolute Gasteiger partial charge is 0.357 e. The Labute approximate surface area is 186 Å². The molecule has 0 bridgehead atoms. The molecule has 168 valence electrons. The van der Waals surface area contributed by atoms with Crippen LogP contribution in [-0.4, -0.2) is 36.4 Å². The first-order valence-electron chi connectivity index (χ1n) is 9.97. The summed E-state index contributed by atoms with van der Waals surface area (Å²) in [6, 6.07) is 13.2. The lowest BCUT2D eigenvalue weighted by atomic mass is 10.3. The van der Waals surface area contributed by atoms with Crippen molar-refractivity contribution in [3.8, 4) is 0 Å². The Kier molecular flexibility index (Phi) is 6.89. The van der Waals surface area contributed by atoms with E-state index in [4.69, 9.17) is 0 Å². The first kappa shape index (κ1) is 22.9. The zero-order valence-corrected chi connectivity index (χ0v) is 18.8. The van der Waals surface area contributed by atoms with Gasteiger partial charge >= 0.3 is 0 Å². The average Bonchev–Trinajstić information content (AvgIpc) is 2.75. The number of aryl methyl sites for hydroxylation is 1. The SMILES string of the molecule is CCN(CC)c1cc(Nc2ccc(NS(=O)(=O)c3ccc([N+](=O)[O-])cc3)cc2)nc(C)n1. The molecule has 0 saturated carbocycles. The molecule has 0 radical (unpaired) electrons. The second kappa shape index (κ2) is 9.60. The number of hydrogen-bond donors (Lipinski definition) is 2. The van der Waals surface area contributed by atoms with Crippen LogP contribution < -0.4 is 14.9 Å². The van der Waals surface area contributed by atoms with Gasteiger partial charge in [-0.25, -0.2) is 18.4 Å². The van der Waals surface area contributed by atoms with Gasteiger partial charge in [-0.1, -0.05) is 0 Å². The van der Waals surface area contributed by atoms with Crippen LogP contribution in [-0.2, 0) is 10.0 Å². The van der Waals surface area contributed by atoms with E-state index in [0.717, 1.165) is 36.7 Å². The zero-order valence-electron chi connectivity index (χ0n) is 17.9. The lowest BCUT2D eigenvalue weighted by Crippen LogP contribution is -2.23. The summed E-state index contributed by atoms with van der Waals surface area (Å²) in [5.74, 6) is 2.11. The van der Waals surface area contributed by atoms with Gasteiger partial charge in [0, 0.05) is 42.7 Å². The Morgan fingerprint density at radius 2 is 1.56 bits per heavy atom. The number of hydrogen-bond acceptors (Lipinski definition) is 8. The van der Waals surface area contributed by atoms with Gasteiger partial charge < -0.3 is 10.2 Å². The van der Waals surface area contributed by atoms with Crippen LogP contribution in [0.3, 0.4) is 0 Å². The highest BCUT2D eigenvalue weighted by atomic mass is 32.2. The first-order chi connectivity index (χ1) is 15.2. The molecule has 0 spiro atoms. The van der Waals surface area contributed by atoms with E-state index < -0.39 is 14.9 Å². The Balaban J connectivity index is 1.73. The van der Waals surface area contributed by atoms with Crippen molar-refractivity contribution in [3.05, 3.63) is 70.5 Å². The maximum Gasteiger partial charge on any atom is 0.269 e. The molecule has 3 aromatic rings. The topological polar surface area (TPSA) is 130 Å². The number of anilines is 4. The third-order valence-electron chi connectivity index (χ3n) is 4.68. The van der Waals surface area contributed by atoms with Crippen molar-refractivity contribution in [3.63, 3.8) is 0 Å². The van der Waals surface area contributed by atoms with Gasteiger partial charge in [0.2, 0.25) is 0 Å². The minimum atomic E-state index is -3.87. The van der Waals surface area contributed by atoms with Crippen molar-refractivity contribution in [2.24, 2.45) is 0 Å². The summed E-state index contributed by atoms with van der Waals surface area (Å²) >= 11 is 0. The van der Waals surface area contributed by atoms with E-state index in [2.05, 4.69) is 38.8 Å². The van der Waals surface area contributed by atoms with Gasteiger partial charge in [-0.3, -0.25) is 14.8 Å². The van der Waals surface area contributed by atoms with Crippen molar-refractivity contribution >= 4 is 38.7 Å². The van der Waals surface area contributed by atoms with Crippen molar-refractivity contribution in [2.75, 3.05) is 28.0 Å². The number of nitro benzene ring substituents is 1. The molecule has 0 saturated heterocycles. The zero-order chi connectivity index (χ0) is 23.3. The fraction of sp³-hybridized carbons (Fsp3) is 0.238. The van der Waals surface area contributed by atoms with E-state index in [9.17, 15) is 18.5 Å². The smallest absolute Gasteiger partial charge is 0.269 e. The molecule has 3 rings (SSSR count). The molecule has 32 heavy (non-hydrogen) atoms. The van der Waals surface area contributed by atoms with Crippen LogP contribution in [0, 0.1) is 17.0 Å². The van der Waals surface area contributed by atoms with Crippen molar-refractivity contribution in [1.29, 1.82) is 0 Å². The lowest BCUT2D eigenvalue weighted by Gasteiger charge is -2.20. The standard InChI is InChI=1S/C21H24N6O4S/c1-4-26(5-2)21-14-20(22-15(3)23-21)24-16-6-8-17(9-7-16)25-32(30,31)19-12-10-18(11-13-19)27(28)29/h6-14,25H,4-5H2,1-3H3,(H,22,23,24). The van der Waals surface area contributed by atoms with Gasteiger partial charge in [0.25, 0.3) is 15.7 Å². The molecule has 0 amide bonds. The first-order valence-corrected chi connectivity index (χ1v) is 11.4. The van der Waals surface area contributed by atoms with Crippen LogP contribution in [0.15, 0.2) is 59.5 Å². The summed E-state index contributed by atoms with van der Waals surface area (Å²) in [5.41, 5.74) is 0.909. The van der Waals surface area contributed by atoms with Crippen LogP contribution in [0.4, 0.5) is 28.7 Å². The molecule has 0 atom stereocenters. The number of sulfonamides is 1. The molecule has 0 fully saturated rings. The number of aromatic nitrogens is 2. The van der Waals surface area contributed by atoms with Gasteiger partial charge in [-0.05, 0) is 57.2 Å². The average molecular weight is 457 g/mol. The van der Waals surface area contributed by atoms with Crippen LogP contribution in [0.2, 0.25) is 0 Å². The minimum Gasteiger partial charge on any atom is -0.357 e. The normalized spacial score (nSPS) is 11.1. The summed E-state index contributed by atoms with van der Waals surface area (Å²) in [7, 11) is -3.87. The minimum absolute atomic E-state index is 0.0642. The number of nitrogens with zero attached hydrogens (tertiary/aromatic N) is 4. The Morgan fingerprint density at radius 1 is 0.969 bits per heavy atom. The van der Waals surface area contributed by atoms with Crippen LogP contribution in [0.5, 0.6) is 0 Å². The predicted octanol–water partition coefficient (Wildman–Crippen LogP) is 4.08. The van der Waals surface area contributed by atoms with Crippen molar-refractivity contribution in [2.45, 2.75) is 25.7 Å². The maximum atomic E-state index is 12.5. The van der Waals surface area contributed by atoms with Crippen molar-refractivity contribution in [1.82, 2.24) is 9.97 Å². The highest BCUT2D eigenvalue weighted by Gasteiger charge is 2.16. The molecule has 11 heteroatoms. The highest BCUT2D eigenvalue weighted by Crippen LogP contribution is 2.23. The summed E-state index contributed by atoms with van der Waals surface area (Å²) in [4.78, 5) is 21.1. The quantitative estimate of drug-likeness (QED) is 0.364. The number of rotatable bonds is 9. The third-order valence-corrected chi connectivity index (χ3v) is 6.08. The second-order valence-corrected chi connectivity index (χ2v) is 8.57. The Morgan fingerprint density at radius 3 is 2.12 bits per heavy atom. The maximum absolute atomic E-state index is 12.5. The van der Waals surface area contributed by atoms with Gasteiger partial charge in [0.15, 0.2) is 0 Å². The number of nitrogens with one attached hydrogen (secondary N) is 2. The fourth-order valence-electron chi connectivity index (χ4n) is 3.06. The third kappa shape index (κ3) is 5.49. The summed E-state index contributed by atoms with van der Waals surface area (Å²) in [6.07, 6.45) is 0. The second-order valence-electron chi connectivity index (χ2n) is 6.89. The van der Waals surface area contributed by atoms with E-state index in [1.54, 1.807) is 24.3 Å². The van der Waals surface area contributed by atoms with Gasteiger partial charge in [0.05, 0.1) is 9.82 Å².